The van der Waals surface area contributed by atoms with Crippen molar-refractivity contribution in [3.05, 3.63) is 29.8 Å². The van der Waals surface area contributed by atoms with Crippen molar-refractivity contribution in [1.29, 1.82) is 5.26 Å². The summed E-state index contributed by atoms with van der Waals surface area (Å²) in [5, 5.41) is 9.16. The van der Waals surface area contributed by atoms with Crippen molar-refractivity contribution in [2.24, 2.45) is 5.41 Å². The van der Waals surface area contributed by atoms with Gasteiger partial charge in [0.25, 0.3) is 0 Å². The van der Waals surface area contributed by atoms with E-state index in [9.17, 15) is 4.79 Å². The minimum Gasteiger partial charge on any atom is -0.466 e. The van der Waals surface area contributed by atoms with E-state index in [0.717, 1.165) is 31.6 Å². The first-order valence-corrected chi connectivity index (χ1v) is 7.02. The Kier molecular flexibility index (Phi) is 4.29. The second-order valence-electron chi connectivity index (χ2n) is 5.40. The molecule has 0 spiro atoms. The SMILES string of the molecule is CCOC(=O)C1(C)CCN(c2ccccc2C#N)CC1. The number of benzene rings is 1. The zero-order valence-electron chi connectivity index (χ0n) is 12.1. The van der Waals surface area contributed by atoms with Gasteiger partial charge in [0.15, 0.2) is 0 Å². The van der Waals surface area contributed by atoms with Crippen LogP contribution < -0.4 is 4.90 Å². The van der Waals surface area contributed by atoms with E-state index in [1.54, 1.807) is 0 Å². The molecule has 1 fully saturated rings. The van der Waals surface area contributed by atoms with E-state index in [1.165, 1.54) is 0 Å². The van der Waals surface area contributed by atoms with Gasteiger partial charge in [-0.15, -0.1) is 0 Å². The molecule has 2 rings (SSSR count). The van der Waals surface area contributed by atoms with Crippen LogP contribution in [0.3, 0.4) is 0 Å². The number of carbonyl (C=O) groups is 1. The van der Waals surface area contributed by atoms with Crippen molar-refractivity contribution in [2.45, 2.75) is 26.7 Å². The third-order valence-electron chi connectivity index (χ3n) is 4.00. The maximum atomic E-state index is 12.0. The molecule has 0 bridgehead atoms. The molecule has 1 aliphatic heterocycles. The van der Waals surface area contributed by atoms with Gasteiger partial charge in [-0.3, -0.25) is 4.79 Å². The lowest BCUT2D eigenvalue weighted by atomic mass is 9.80. The molecule has 20 heavy (non-hydrogen) atoms. The summed E-state index contributed by atoms with van der Waals surface area (Å²) in [7, 11) is 0. The number of hydrogen-bond acceptors (Lipinski definition) is 4. The molecular formula is C16H20N2O2. The number of anilines is 1. The number of nitriles is 1. The van der Waals surface area contributed by atoms with Crippen LogP contribution in [0.15, 0.2) is 24.3 Å². The fraction of sp³-hybridized carbons (Fsp3) is 0.500. The van der Waals surface area contributed by atoms with E-state index >= 15 is 0 Å². The Morgan fingerprint density at radius 3 is 2.65 bits per heavy atom. The Morgan fingerprint density at radius 2 is 2.05 bits per heavy atom. The van der Waals surface area contributed by atoms with Gasteiger partial charge in [-0.25, -0.2) is 0 Å². The van der Waals surface area contributed by atoms with Crippen molar-refractivity contribution < 1.29 is 9.53 Å². The van der Waals surface area contributed by atoms with Crippen LogP contribution in [0.25, 0.3) is 0 Å². The number of ether oxygens (including phenoxy) is 1. The predicted molar refractivity (Wildman–Crippen MR) is 77.3 cm³/mol. The molecule has 1 aromatic carbocycles. The van der Waals surface area contributed by atoms with Crippen LogP contribution in [0, 0.1) is 16.7 Å². The summed E-state index contributed by atoms with van der Waals surface area (Å²) in [4.78, 5) is 14.2. The van der Waals surface area contributed by atoms with Crippen LogP contribution in [0.2, 0.25) is 0 Å². The third-order valence-corrected chi connectivity index (χ3v) is 4.00. The molecule has 106 valence electrons. The topological polar surface area (TPSA) is 53.3 Å². The number of nitrogens with zero attached hydrogens (tertiary/aromatic N) is 2. The molecule has 1 saturated heterocycles. The standard InChI is InChI=1S/C16H20N2O2/c1-3-20-15(19)16(2)8-10-18(11-9-16)14-7-5-4-6-13(14)12-17/h4-7H,3,8-11H2,1-2H3. The molecule has 4 nitrogen and oxygen atoms in total. The van der Waals surface area contributed by atoms with Crippen LogP contribution in [-0.4, -0.2) is 25.7 Å². The Labute approximate surface area is 120 Å². The molecule has 0 saturated carbocycles. The molecule has 0 amide bonds. The summed E-state index contributed by atoms with van der Waals surface area (Å²) >= 11 is 0. The van der Waals surface area contributed by atoms with E-state index < -0.39 is 5.41 Å². The molecule has 4 heteroatoms. The van der Waals surface area contributed by atoms with E-state index in [2.05, 4.69) is 11.0 Å². The lowest BCUT2D eigenvalue weighted by molar-refractivity contribution is -0.155. The van der Waals surface area contributed by atoms with Crippen molar-refractivity contribution in [3.63, 3.8) is 0 Å². The zero-order valence-corrected chi connectivity index (χ0v) is 12.1. The Balaban J connectivity index is 2.08. The lowest BCUT2D eigenvalue weighted by Gasteiger charge is -2.38. The highest BCUT2D eigenvalue weighted by Gasteiger charge is 2.38. The van der Waals surface area contributed by atoms with Gasteiger partial charge in [-0.1, -0.05) is 12.1 Å². The van der Waals surface area contributed by atoms with Gasteiger partial charge in [-0.2, -0.15) is 5.26 Å². The van der Waals surface area contributed by atoms with Crippen LogP contribution in [0.4, 0.5) is 5.69 Å². The Morgan fingerprint density at radius 1 is 1.40 bits per heavy atom. The number of piperidine rings is 1. The number of hydrogen-bond donors (Lipinski definition) is 0. The van der Waals surface area contributed by atoms with Gasteiger partial charge in [0.05, 0.1) is 23.3 Å². The van der Waals surface area contributed by atoms with Gasteiger partial charge >= 0.3 is 5.97 Å². The average Bonchev–Trinajstić information content (AvgIpc) is 2.48. The fourth-order valence-electron chi connectivity index (χ4n) is 2.59. The Hall–Kier alpha value is -2.02. The van der Waals surface area contributed by atoms with E-state index in [0.29, 0.717) is 12.2 Å². The summed E-state index contributed by atoms with van der Waals surface area (Å²) < 4.78 is 5.16. The molecular weight excluding hydrogens is 252 g/mol. The lowest BCUT2D eigenvalue weighted by Crippen LogP contribution is -2.43. The molecule has 0 aromatic heterocycles. The molecule has 0 aliphatic carbocycles. The van der Waals surface area contributed by atoms with Gasteiger partial charge in [0, 0.05) is 13.1 Å². The monoisotopic (exact) mass is 272 g/mol. The number of esters is 1. The molecule has 1 aromatic rings. The van der Waals surface area contributed by atoms with Gasteiger partial charge in [0.1, 0.15) is 6.07 Å². The first kappa shape index (κ1) is 14.4. The molecule has 1 heterocycles. The summed E-state index contributed by atoms with van der Waals surface area (Å²) in [6.07, 6.45) is 1.51. The zero-order chi connectivity index (χ0) is 14.6. The number of para-hydroxylation sites is 1. The second kappa shape index (κ2) is 5.96. The van der Waals surface area contributed by atoms with Crippen molar-refractivity contribution in [2.75, 3.05) is 24.6 Å². The fourth-order valence-corrected chi connectivity index (χ4v) is 2.59. The highest BCUT2D eigenvalue weighted by atomic mass is 16.5. The normalized spacial score (nSPS) is 17.4. The summed E-state index contributed by atoms with van der Waals surface area (Å²) in [5.74, 6) is -0.104. The van der Waals surface area contributed by atoms with Gasteiger partial charge in [-0.05, 0) is 38.8 Å². The molecule has 0 radical (unpaired) electrons. The summed E-state index contributed by atoms with van der Waals surface area (Å²) in [5.41, 5.74) is 1.25. The van der Waals surface area contributed by atoms with E-state index in [4.69, 9.17) is 10.00 Å². The largest absolute Gasteiger partial charge is 0.466 e. The predicted octanol–water partition coefficient (Wildman–Crippen LogP) is 2.73. The van der Waals surface area contributed by atoms with E-state index in [1.807, 2.05) is 38.1 Å². The quantitative estimate of drug-likeness (QED) is 0.794. The van der Waals surface area contributed by atoms with Gasteiger partial charge in [0.2, 0.25) is 0 Å². The molecule has 1 aliphatic rings. The van der Waals surface area contributed by atoms with Crippen molar-refractivity contribution in [1.82, 2.24) is 0 Å². The number of carbonyl (C=O) groups excluding carboxylic acids is 1. The maximum absolute atomic E-state index is 12.0. The van der Waals surface area contributed by atoms with Crippen LogP contribution in [0.1, 0.15) is 32.3 Å². The van der Waals surface area contributed by atoms with Crippen LogP contribution in [-0.2, 0) is 9.53 Å². The first-order chi connectivity index (χ1) is 9.60. The smallest absolute Gasteiger partial charge is 0.311 e. The van der Waals surface area contributed by atoms with Crippen LogP contribution >= 0.6 is 0 Å². The minimum absolute atomic E-state index is 0.104. The highest BCUT2D eigenvalue weighted by Crippen LogP contribution is 2.35. The minimum atomic E-state index is -0.395. The first-order valence-electron chi connectivity index (χ1n) is 7.02. The summed E-state index contributed by atoms with van der Waals surface area (Å²) in [6.45, 7) is 5.77. The summed E-state index contributed by atoms with van der Waals surface area (Å²) in [6, 6.07) is 9.82. The van der Waals surface area contributed by atoms with E-state index in [-0.39, 0.29) is 5.97 Å². The third kappa shape index (κ3) is 2.77. The second-order valence-corrected chi connectivity index (χ2v) is 5.40. The van der Waals surface area contributed by atoms with Gasteiger partial charge < -0.3 is 9.64 Å². The van der Waals surface area contributed by atoms with Crippen molar-refractivity contribution >= 4 is 11.7 Å². The Bertz CT molecular complexity index is 526. The van der Waals surface area contributed by atoms with Crippen LogP contribution in [0.5, 0.6) is 0 Å². The molecule has 0 atom stereocenters. The van der Waals surface area contributed by atoms with Crippen molar-refractivity contribution in [3.8, 4) is 6.07 Å². The highest BCUT2D eigenvalue weighted by molar-refractivity contribution is 5.77. The molecule has 0 unspecified atom stereocenters. The number of rotatable bonds is 3. The maximum Gasteiger partial charge on any atom is 0.311 e. The molecule has 0 N–H and O–H groups in total. The average molecular weight is 272 g/mol.